The fourth-order valence-corrected chi connectivity index (χ4v) is 3.75. The summed E-state index contributed by atoms with van der Waals surface area (Å²) in [6.07, 6.45) is 3.95. The molecule has 0 unspecified atom stereocenters. The van der Waals surface area contributed by atoms with Crippen molar-refractivity contribution < 1.29 is 4.79 Å². The van der Waals surface area contributed by atoms with Gasteiger partial charge in [0.25, 0.3) is 0 Å². The molecule has 0 saturated carbocycles. The first kappa shape index (κ1) is 17.9. The summed E-state index contributed by atoms with van der Waals surface area (Å²) in [7, 11) is 0. The van der Waals surface area contributed by atoms with Crippen LogP contribution in [0.5, 0.6) is 0 Å². The maximum absolute atomic E-state index is 12.6. The van der Waals surface area contributed by atoms with Crippen LogP contribution in [0.3, 0.4) is 0 Å². The predicted octanol–water partition coefficient (Wildman–Crippen LogP) is 3.59. The number of likely N-dealkylation sites (tertiary alicyclic amines) is 1. The van der Waals surface area contributed by atoms with E-state index in [1.807, 2.05) is 43.5 Å². The second kappa shape index (κ2) is 7.66. The van der Waals surface area contributed by atoms with Crippen LogP contribution in [0.25, 0.3) is 5.65 Å². The van der Waals surface area contributed by atoms with E-state index in [0.717, 1.165) is 43.1 Å². The summed E-state index contributed by atoms with van der Waals surface area (Å²) in [5, 5.41) is 12.3. The Labute approximate surface area is 163 Å². The van der Waals surface area contributed by atoms with Crippen molar-refractivity contribution >= 4 is 28.8 Å². The molecule has 27 heavy (non-hydrogen) atoms. The van der Waals surface area contributed by atoms with Crippen LogP contribution in [0.2, 0.25) is 5.02 Å². The molecule has 3 heterocycles. The van der Waals surface area contributed by atoms with Crippen LogP contribution < -0.4 is 5.32 Å². The lowest BCUT2D eigenvalue weighted by Gasteiger charge is -2.34. The Bertz CT molecular complexity index is 931. The molecule has 1 saturated heterocycles. The number of nitrogens with zero attached hydrogens (tertiary/aromatic N) is 4. The zero-order chi connectivity index (χ0) is 18.8. The SMILES string of the molecule is C[C@@H](C(=O)Nc1ccc(Cl)cc1)N1CCC(c2nnc3ccccn23)CC1. The number of carbonyl (C=O) groups excluding carboxylic acids is 1. The summed E-state index contributed by atoms with van der Waals surface area (Å²) in [5.41, 5.74) is 1.65. The number of carbonyl (C=O) groups is 1. The molecule has 1 fully saturated rings. The Kier molecular flexibility index (Phi) is 5.09. The van der Waals surface area contributed by atoms with E-state index < -0.39 is 0 Å². The summed E-state index contributed by atoms with van der Waals surface area (Å²) in [6, 6.07) is 12.9. The summed E-state index contributed by atoms with van der Waals surface area (Å²) in [6.45, 7) is 3.68. The molecule has 1 amide bonds. The first-order valence-corrected chi connectivity index (χ1v) is 9.60. The molecule has 1 aromatic carbocycles. The monoisotopic (exact) mass is 383 g/mol. The van der Waals surface area contributed by atoms with Gasteiger partial charge in [0.2, 0.25) is 5.91 Å². The van der Waals surface area contributed by atoms with Crippen LogP contribution in [0.4, 0.5) is 5.69 Å². The second-order valence-electron chi connectivity index (χ2n) is 6.97. The van der Waals surface area contributed by atoms with Crippen molar-refractivity contribution in [2.24, 2.45) is 0 Å². The largest absolute Gasteiger partial charge is 0.325 e. The maximum Gasteiger partial charge on any atom is 0.241 e. The number of rotatable bonds is 4. The first-order chi connectivity index (χ1) is 13.1. The van der Waals surface area contributed by atoms with Gasteiger partial charge in [-0.3, -0.25) is 14.1 Å². The highest BCUT2D eigenvalue weighted by atomic mass is 35.5. The number of fused-ring (bicyclic) bond motifs is 1. The highest BCUT2D eigenvalue weighted by Crippen LogP contribution is 2.28. The Balaban J connectivity index is 1.37. The van der Waals surface area contributed by atoms with E-state index in [1.165, 1.54) is 0 Å². The molecular weight excluding hydrogens is 362 g/mol. The molecule has 0 spiro atoms. The number of pyridine rings is 1. The van der Waals surface area contributed by atoms with Crippen molar-refractivity contribution in [3.8, 4) is 0 Å². The van der Waals surface area contributed by atoms with Crippen molar-refractivity contribution in [3.63, 3.8) is 0 Å². The fourth-order valence-electron chi connectivity index (χ4n) is 3.63. The minimum absolute atomic E-state index is 0.00343. The van der Waals surface area contributed by atoms with E-state index in [0.29, 0.717) is 10.9 Å². The predicted molar refractivity (Wildman–Crippen MR) is 106 cm³/mol. The summed E-state index contributed by atoms with van der Waals surface area (Å²) in [5.74, 6) is 1.39. The van der Waals surface area contributed by atoms with Gasteiger partial charge in [-0.2, -0.15) is 0 Å². The van der Waals surface area contributed by atoms with E-state index in [2.05, 4.69) is 24.8 Å². The standard InChI is InChI=1S/C20H22ClN5O/c1-14(20(27)22-17-7-5-16(21)6-8-17)25-12-9-15(10-13-25)19-24-23-18-4-2-3-11-26(18)19/h2-8,11,14-15H,9-10,12-13H2,1H3,(H,22,27)/t14-/m0/s1. The van der Waals surface area contributed by atoms with Crippen LogP contribution in [0, 0.1) is 0 Å². The third-order valence-electron chi connectivity index (χ3n) is 5.27. The van der Waals surface area contributed by atoms with Gasteiger partial charge < -0.3 is 5.32 Å². The highest BCUT2D eigenvalue weighted by Gasteiger charge is 2.29. The van der Waals surface area contributed by atoms with E-state index in [1.54, 1.807) is 12.1 Å². The van der Waals surface area contributed by atoms with Crippen LogP contribution in [0.15, 0.2) is 48.7 Å². The van der Waals surface area contributed by atoms with Crippen LogP contribution in [-0.2, 0) is 4.79 Å². The summed E-state index contributed by atoms with van der Waals surface area (Å²) >= 11 is 5.89. The lowest BCUT2D eigenvalue weighted by Crippen LogP contribution is -2.45. The molecule has 1 atom stereocenters. The molecular formula is C20H22ClN5O. The van der Waals surface area contributed by atoms with Crippen molar-refractivity contribution in [2.75, 3.05) is 18.4 Å². The summed E-state index contributed by atoms with van der Waals surface area (Å²) < 4.78 is 2.07. The Morgan fingerprint density at radius 2 is 1.89 bits per heavy atom. The van der Waals surface area contributed by atoms with Crippen LogP contribution in [0.1, 0.15) is 31.5 Å². The van der Waals surface area contributed by atoms with Gasteiger partial charge in [-0.05, 0) is 69.3 Å². The number of amides is 1. The lowest BCUT2D eigenvalue weighted by atomic mass is 9.95. The topological polar surface area (TPSA) is 62.5 Å². The minimum atomic E-state index is -0.184. The highest BCUT2D eigenvalue weighted by molar-refractivity contribution is 6.30. The molecule has 4 rings (SSSR count). The molecule has 2 aromatic heterocycles. The smallest absolute Gasteiger partial charge is 0.241 e. The normalized spacial score (nSPS) is 17.1. The lowest BCUT2D eigenvalue weighted by molar-refractivity contribution is -0.121. The third kappa shape index (κ3) is 3.82. The molecule has 1 N–H and O–H groups in total. The van der Waals surface area contributed by atoms with Gasteiger partial charge in [-0.25, -0.2) is 0 Å². The van der Waals surface area contributed by atoms with E-state index in [-0.39, 0.29) is 11.9 Å². The molecule has 6 nitrogen and oxygen atoms in total. The van der Waals surface area contributed by atoms with Gasteiger partial charge in [0, 0.05) is 22.8 Å². The molecule has 1 aliphatic heterocycles. The van der Waals surface area contributed by atoms with Gasteiger partial charge in [-0.15, -0.1) is 10.2 Å². The zero-order valence-electron chi connectivity index (χ0n) is 15.2. The molecule has 7 heteroatoms. The van der Waals surface area contributed by atoms with E-state index in [4.69, 9.17) is 11.6 Å². The van der Waals surface area contributed by atoms with E-state index in [9.17, 15) is 4.79 Å². The number of aromatic nitrogens is 3. The minimum Gasteiger partial charge on any atom is -0.325 e. The number of nitrogens with one attached hydrogen (secondary N) is 1. The number of anilines is 1. The van der Waals surface area contributed by atoms with Gasteiger partial charge in [0.15, 0.2) is 5.65 Å². The molecule has 0 aliphatic carbocycles. The van der Waals surface area contributed by atoms with Gasteiger partial charge in [0.1, 0.15) is 5.82 Å². The number of piperidine rings is 1. The average molecular weight is 384 g/mol. The van der Waals surface area contributed by atoms with Crippen molar-refractivity contribution in [1.29, 1.82) is 0 Å². The van der Waals surface area contributed by atoms with Gasteiger partial charge >= 0.3 is 0 Å². The molecule has 0 radical (unpaired) electrons. The van der Waals surface area contributed by atoms with Crippen molar-refractivity contribution in [3.05, 3.63) is 59.5 Å². The van der Waals surface area contributed by atoms with Gasteiger partial charge in [0.05, 0.1) is 6.04 Å². The molecule has 0 bridgehead atoms. The van der Waals surface area contributed by atoms with Crippen LogP contribution in [-0.4, -0.2) is 44.5 Å². The molecule has 3 aromatic rings. The van der Waals surface area contributed by atoms with E-state index >= 15 is 0 Å². The Hall–Kier alpha value is -2.44. The molecule has 1 aliphatic rings. The number of hydrogen-bond acceptors (Lipinski definition) is 4. The van der Waals surface area contributed by atoms with Crippen LogP contribution >= 0.6 is 11.6 Å². The number of benzene rings is 1. The quantitative estimate of drug-likeness (QED) is 0.747. The maximum atomic E-state index is 12.6. The second-order valence-corrected chi connectivity index (χ2v) is 7.41. The Morgan fingerprint density at radius 1 is 1.15 bits per heavy atom. The first-order valence-electron chi connectivity index (χ1n) is 9.22. The van der Waals surface area contributed by atoms with Crippen molar-refractivity contribution in [1.82, 2.24) is 19.5 Å². The molecule has 140 valence electrons. The Morgan fingerprint density at radius 3 is 2.63 bits per heavy atom. The number of hydrogen-bond donors (Lipinski definition) is 1. The number of halogens is 1. The average Bonchev–Trinajstić information content (AvgIpc) is 3.13. The summed E-state index contributed by atoms with van der Waals surface area (Å²) in [4.78, 5) is 14.8. The zero-order valence-corrected chi connectivity index (χ0v) is 15.9. The van der Waals surface area contributed by atoms with Gasteiger partial charge in [-0.1, -0.05) is 17.7 Å². The fraction of sp³-hybridized carbons (Fsp3) is 0.350. The third-order valence-corrected chi connectivity index (χ3v) is 5.53. The van der Waals surface area contributed by atoms with Crippen molar-refractivity contribution in [2.45, 2.75) is 31.7 Å².